The molecule has 0 aliphatic rings. The van der Waals surface area contributed by atoms with Crippen molar-refractivity contribution >= 4 is 27.9 Å². The first-order valence-corrected chi connectivity index (χ1v) is 6.18. The third-order valence-electron chi connectivity index (χ3n) is 2.46. The van der Waals surface area contributed by atoms with Crippen LogP contribution in [0.25, 0.3) is 10.1 Å². The normalized spacial score (nSPS) is 10.5. The molecule has 2 rings (SSSR count). The summed E-state index contributed by atoms with van der Waals surface area (Å²) in [6.45, 7) is 1.92. The van der Waals surface area contributed by atoms with Gasteiger partial charge in [0.1, 0.15) is 0 Å². The molecule has 1 radical (unpaired) electrons. The van der Waals surface area contributed by atoms with Crippen molar-refractivity contribution in [2.45, 2.75) is 19.3 Å². The van der Waals surface area contributed by atoms with Gasteiger partial charge in [-0.1, -0.05) is 18.2 Å². The molecule has 0 spiro atoms. The Morgan fingerprint density at radius 2 is 2.12 bits per heavy atom. The molecule has 0 aliphatic heterocycles. The lowest BCUT2D eigenvalue weighted by atomic mass is 10.2. The van der Waals surface area contributed by atoms with Crippen LogP contribution in [0.3, 0.4) is 0 Å². The van der Waals surface area contributed by atoms with E-state index >= 15 is 0 Å². The van der Waals surface area contributed by atoms with Gasteiger partial charge in [-0.3, -0.25) is 0 Å². The number of ether oxygens (including phenoxy) is 1. The van der Waals surface area contributed by atoms with Gasteiger partial charge in [0.2, 0.25) is 0 Å². The number of benzene rings is 1. The maximum Gasteiger partial charge on any atom is 0.417 e. The van der Waals surface area contributed by atoms with E-state index in [9.17, 15) is 4.79 Å². The van der Waals surface area contributed by atoms with Gasteiger partial charge in [-0.2, -0.15) is 0 Å². The summed E-state index contributed by atoms with van der Waals surface area (Å²) in [4.78, 5) is 11.2. The molecule has 1 aromatic heterocycles. The highest BCUT2D eigenvalue weighted by molar-refractivity contribution is 7.19. The molecule has 1 aromatic carbocycles. The molecule has 2 nitrogen and oxygen atoms in total. The number of thiophene rings is 1. The Morgan fingerprint density at radius 3 is 2.94 bits per heavy atom. The van der Waals surface area contributed by atoms with E-state index in [-0.39, 0.29) is 0 Å². The van der Waals surface area contributed by atoms with Crippen molar-refractivity contribution in [2.75, 3.05) is 6.61 Å². The Bertz CT molecular complexity index is 429. The van der Waals surface area contributed by atoms with Crippen LogP contribution in [0.2, 0.25) is 0 Å². The number of fused-ring (bicyclic) bond motifs is 1. The minimum atomic E-state index is 0.481. The minimum absolute atomic E-state index is 0.481. The van der Waals surface area contributed by atoms with E-state index in [1.807, 2.05) is 11.3 Å². The Balaban J connectivity index is 1.87. The van der Waals surface area contributed by atoms with Gasteiger partial charge in [0, 0.05) is 9.58 Å². The van der Waals surface area contributed by atoms with Gasteiger partial charge in [-0.05, 0) is 36.8 Å². The van der Waals surface area contributed by atoms with E-state index in [1.165, 1.54) is 21.4 Å². The molecule has 0 saturated heterocycles. The first kappa shape index (κ1) is 11.1. The summed E-state index contributed by atoms with van der Waals surface area (Å²) in [7, 11) is 0. The van der Waals surface area contributed by atoms with Crippen LogP contribution in [-0.2, 0) is 16.0 Å². The summed E-state index contributed by atoms with van der Waals surface area (Å²) in [5, 5.41) is 1.32. The van der Waals surface area contributed by atoms with Crippen LogP contribution >= 0.6 is 11.3 Å². The van der Waals surface area contributed by atoms with Crippen LogP contribution in [0.5, 0.6) is 0 Å². The predicted molar refractivity (Wildman–Crippen MR) is 66.4 cm³/mol. The van der Waals surface area contributed by atoms with Crippen LogP contribution < -0.4 is 0 Å². The number of aryl methyl sites for hydroxylation is 1. The van der Waals surface area contributed by atoms with Crippen LogP contribution in [0.4, 0.5) is 0 Å². The van der Waals surface area contributed by atoms with E-state index in [0.717, 1.165) is 19.3 Å². The average molecular weight is 233 g/mol. The summed E-state index contributed by atoms with van der Waals surface area (Å²) in [6, 6.07) is 10.7. The zero-order chi connectivity index (χ0) is 11.2. The second-order valence-electron chi connectivity index (χ2n) is 3.64. The fourth-order valence-electron chi connectivity index (χ4n) is 1.68. The molecule has 16 heavy (non-hydrogen) atoms. The molecule has 0 saturated carbocycles. The highest BCUT2D eigenvalue weighted by atomic mass is 32.1. The number of hydrogen-bond donors (Lipinski definition) is 0. The molecule has 0 atom stereocenters. The molecule has 0 bridgehead atoms. The quantitative estimate of drug-likeness (QED) is 0.715. The molecule has 2 aromatic rings. The number of rotatable bonds is 6. The highest BCUT2D eigenvalue weighted by Crippen LogP contribution is 2.26. The molecule has 0 fully saturated rings. The predicted octanol–water partition coefficient (Wildman–Crippen LogP) is 3.31. The van der Waals surface area contributed by atoms with Gasteiger partial charge < -0.3 is 4.74 Å². The van der Waals surface area contributed by atoms with E-state index < -0.39 is 0 Å². The first-order chi connectivity index (χ1) is 7.90. The number of unbranched alkanes of at least 4 members (excludes halogenated alkanes) is 1. The monoisotopic (exact) mass is 233 g/mol. The van der Waals surface area contributed by atoms with Crippen molar-refractivity contribution in [2.24, 2.45) is 0 Å². The van der Waals surface area contributed by atoms with Crippen LogP contribution in [-0.4, -0.2) is 13.1 Å². The van der Waals surface area contributed by atoms with Crippen molar-refractivity contribution in [3.8, 4) is 0 Å². The molecular formula is C13H13O2S. The molecule has 0 unspecified atom stereocenters. The van der Waals surface area contributed by atoms with E-state index in [4.69, 9.17) is 0 Å². The molecule has 3 heteroatoms. The molecule has 83 valence electrons. The lowest BCUT2D eigenvalue weighted by Gasteiger charge is -1.96. The fourth-order valence-corrected chi connectivity index (χ4v) is 2.78. The summed E-state index contributed by atoms with van der Waals surface area (Å²) in [5.41, 5.74) is 0. The molecule has 0 aliphatic carbocycles. The van der Waals surface area contributed by atoms with Crippen LogP contribution in [0.15, 0.2) is 30.3 Å². The topological polar surface area (TPSA) is 26.3 Å². The Labute approximate surface area is 98.9 Å². The second-order valence-corrected chi connectivity index (χ2v) is 4.81. The van der Waals surface area contributed by atoms with Crippen molar-refractivity contribution in [1.29, 1.82) is 0 Å². The maximum atomic E-state index is 9.81. The second kappa shape index (κ2) is 5.66. The van der Waals surface area contributed by atoms with E-state index in [0.29, 0.717) is 6.61 Å². The Morgan fingerprint density at radius 1 is 1.25 bits per heavy atom. The van der Waals surface area contributed by atoms with Crippen molar-refractivity contribution in [3.05, 3.63) is 35.2 Å². The number of hydrogen-bond acceptors (Lipinski definition) is 3. The standard InChI is InChI=1S/C13H13O2S/c14-10-15-8-4-3-6-12-9-11-5-1-2-7-13(11)16-12/h1-2,5,7,9H,3-4,6,8H2. The zero-order valence-electron chi connectivity index (χ0n) is 8.94. The van der Waals surface area contributed by atoms with Crippen molar-refractivity contribution in [1.82, 2.24) is 0 Å². The van der Waals surface area contributed by atoms with Gasteiger partial charge in [-0.25, -0.2) is 4.79 Å². The molecular weight excluding hydrogens is 220 g/mol. The lowest BCUT2D eigenvalue weighted by Crippen LogP contribution is -1.92. The zero-order valence-corrected chi connectivity index (χ0v) is 9.76. The SMILES string of the molecule is O=[C]OCCCCc1cc2ccccc2s1. The van der Waals surface area contributed by atoms with Gasteiger partial charge in [0.15, 0.2) is 0 Å². The molecule has 1 heterocycles. The summed E-state index contributed by atoms with van der Waals surface area (Å²) in [5.74, 6) is 0. The third kappa shape index (κ3) is 2.83. The van der Waals surface area contributed by atoms with Crippen LogP contribution in [0.1, 0.15) is 17.7 Å². The van der Waals surface area contributed by atoms with Crippen molar-refractivity contribution < 1.29 is 9.53 Å². The lowest BCUT2D eigenvalue weighted by molar-refractivity contribution is 0.270. The van der Waals surface area contributed by atoms with Gasteiger partial charge in [0.05, 0.1) is 6.61 Å². The average Bonchev–Trinajstić information content (AvgIpc) is 2.71. The van der Waals surface area contributed by atoms with Crippen LogP contribution in [0, 0.1) is 0 Å². The minimum Gasteiger partial charge on any atom is -0.457 e. The van der Waals surface area contributed by atoms with E-state index in [2.05, 4.69) is 35.1 Å². The molecule has 0 amide bonds. The summed E-state index contributed by atoms with van der Waals surface area (Å²) >= 11 is 1.84. The Kier molecular flexibility index (Phi) is 3.94. The summed E-state index contributed by atoms with van der Waals surface area (Å²) in [6.07, 6.45) is 3.01. The largest absolute Gasteiger partial charge is 0.457 e. The maximum absolute atomic E-state index is 9.81. The third-order valence-corrected chi connectivity index (χ3v) is 3.63. The fraction of sp³-hybridized carbons (Fsp3) is 0.308. The van der Waals surface area contributed by atoms with Gasteiger partial charge in [0.25, 0.3) is 0 Å². The van der Waals surface area contributed by atoms with Gasteiger partial charge >= 0.3 is 6.47 Å². The summed E-state index contributed by atoms with van der Waals surface area (Å²) < 4.78 is 5.87. The van der Waals surface area contributed by atoms with Crippen molar-refractivity contribution in [3.63, 3.8) is 0 Å². The van der Waals surface area contributed by atoms with E-state index in [1.54, 1.807) is 0 Å². The smallest absolute Gasteiger partial charge is 0.417 e. The first-order valence-electron chi connectivity index (χ1n) is 5.36. The number of carbonyl (C=O) groups excluding carboxylic acids is 1. The Hall–Kier alpha value is -1.35. The highest BCUT2D eigenvalue weighted by Gasteiger charge is 2.00. The molecule has 0 N–H and O–H groups in total. The van der Waals surface area contributed by atoms with Gasteiger partial charge in [-0.15, -0.1) is 11.3 Å².